The Hall–Kier alpha value is -3.36. The number of hydrogen-bond acceptors (Lipinski definition) is 7. The maximum absolute atomic E-state index is 13.7. The molecule has 2 amide bonds. The number of imide groups is 1. The number of carbonyl (C=O) groups excluding carboxylic acids is 2. The van der Waals surface area contributed by atoms with E-state index in [1.54, 1.807) is 38.5 Å². The first-order valence-electron chi connectivity index (χ1n) is 11.0. The van der Waals surface area contributed by atoms with Crippen LogP contribution in [0.4, 0.5) is 5.69 Å². The molecule has 0 atom stereocenters. The monoisotopic (exact) mass is 451 g/mol. The van der Waals surface area contributed by atoms with Crippen LogP contribution in [0.25, 0.3) is 5.57 Å². The second-order valence-electron chi connectivity index (χ2n) is 8.08. The minimum atomic E-state index is -0.352. The fourth-order valence-electron chi connectivity index (χ4n) is 4.43. The van der Waals surface area contributed by atoms with Gasteiger partial charge in [-0.25, -0.2) is 4.90 Å². The Balaban J connectivity index is 1.79. The predicted octanol–water partition coefficient (Wildman–Crippen LogP) is 1.91. The molecular weight excluding hydrogens is 422 g/mol. The van der Waals surface area contributed by atoms with Crippen LogP contribution in [0.1, 0.15) is 11.1 Å². The molecule has 4 rings (SSSR count). The van der Waals surface area contributed by atoms with Gasteiger partial charge in [0.05, 0.1) is 32.1 Å². The quantitative estimate of drug-likeness (QED) is 0.644. The summed E-state index contributed by atoms with van der Waals surface area (Å²) in [4.78, 5) is 32.9. The van der Waals surface area contributed by atoms with Crippen molar-refractivity contribution in [2.45, 2.75) is 6.92 Å². The van der Waals surface area contributed by atoms with Crippen LogP contribution >= 0.6 is 0 Å². The highest BCUT2D eigenvalue weighted by molar-refractivity contribution is 6.45. The van der Waals surface area contributed by atoms with Crippen LogP contribution in [0, 0.1) is 6.92 Å². The van der Waals surface area contributed by atoms with Crippen LogP contribution in [0.15, 0.2) is 48.2 Å². The maximum Gasteiger partial charge on any atom is 0.282 e. The molecule has 2 aliphatic rings. The van der Waals surface area contributed by atoms with E-state index in [1.807, 2.05) is 30.0 Å². The Labute approximate surface area is 193 Å². The van der Waals surface area contributed by atoms with Crippen molar-refractivity contribution < 1.29 is 24.2 Å². The molecule has 0 radical (unpaired) electrons. The van der Waals surface area contributed by atoms with E-state index in [-0.39, 0.29) is 18.4 Å². The largest absolute Gasteiger partial charge is 0.493 e. The Morgan fingerprint density at radius 3 is 2.24 bits per heavy atom. The van der Waals surface area contributed by atoms with Gasteiger partial charge in [0, 0.05) is 32.7 Å². The van der Waals surface area contributed by atoms with E-state index in [4.69, 9.17) is 9.47 Å². The van der Waals surface area contributed by atoms with Gasteiger partial charge in [-0.15, -0.1) is 0 Å². The number of anilines is 1. The lowest BCUT2D eigenvalue weighted by Gasteiger charge is -2.36. The smallest absolute Gasteiger partial charge is 0.282 e. The minimum absolute atomic E-state index is 0.0953. The van der Waals surface area contributed by atoms with Gasteiger partial charge in [0.1, 0.15) is 5.70 Å². The summed E-state index contributed by atoms with van der Waals surface area (Å²) < 4.78 is 10.8. The molecule has 33 heavy (non-hydrogen) atoms. The molecule has 0 unspecified atom stereocenters. The number of aryl methyl sites for hydroxylation is 1. The number of benzene rings is 2. The second-order valence-corrected chi connectivity index (χ2v) is 8.08. The number of β-amino-alcohol motifs (C(OH)–C–C–N with tert-alkyl or cyclic N) is 1. The van der Waals surface area contributed by atoms with Gasteiger partial charge in [-0.3, -0.25) is 14.5 Å². The van der Waals surface area contributed by atoms with Gasteiger partial charge in [0.15, 0.2) is 11.5 Å². The predicted molar refractivity (Wildman–Crippen MR) is 125 cm³/mol. The number of aliphatic hydroxyl groups excluding tert-OH is 1. The van der Waals surface area contributed by atoms with E-state index in [2.05, 4.69) is 4.90 Å². The Morgan fingerprint density at radius 2 is 1.61 bits per heavy atom. The number of carbonyl (C=O) groups is 2. The number of rotatable bonds is 7. The minimum Gasteiger partial charge on any atom is -0.493 e. The fraction of sp³-hybridized carbons (Fsp3) is 0.360. The van der Waals surface area contributed by atoms with E-state index < -0.39 is 0 Å². The summed E-state index contributed by atoms with van der Waals surface area (Å²) >= 11 is 0. The van der Waals surface area contributed by atoms with Crippen molar-refractivity contribution in [1.29, 1.82) is 0 Å². The zero-order chi connectivity index (χ0) is 23.5. The first-order chi connectivity index (χ1) is 16.0. The van der Waals surface area contributed by atoms with Crippen LogP contribution in [-0.4, -0.2) is 80.3 Å². The topological polar surface area (TPSA) is 82.5 Å². The third-order valence-corrected chi connectivity index (χ3v) is 6.19. The lowest BCUT2D eigenvalue weighted by molar-refractivity contribution is -0.120. The summed E-state index contributed by atoms with van der Waals surface area (Å²) in [6, 6.07) is 12.6. The van der Waals surface area contributed by atoms with Crippen LogP contribution in [0.5, 0.6) is 11.5 Å². The second kappa shape index (κ2) is 9.64. The summed E-state index contributed by atoms with van der Waals surface area (Å²) in [7, 11) is 3.09. The van der Waals surface area contributed by atoms with Gasteiger partial charge in [0.25, 0.3) is 11.8 Å². The van der Waals surface area contributed by atoms with E-state index in [0.717, 1.165) is 5.56 Å². The van der Waals surface area contributed by atoms with E-state index in [0.29, 0.717) is 66.7 Å². The summed E-state index contributed by atoms with van der Waals surface area (Å²) in [6.07, 6.45) is 0. The molecule has 2 aromatic carbocycles. The van der Waals surface area contributed by atoms with Crippen molar-refractivity contribution in [2.75, 3.05) is 58.5 Å². The first kappa shape index (κ1) is 22.8. The molecule has 1 fully saturated rings. The lowest BCUT2D eigenvalue weighted by Crippen LogP contribution is -2.48. The number of para-hydroxylation sites is 1. The number of amides is 2. The van der Waals surface area contributed by atoms with Crippen molar-refractivity contribution in [3.05, 3.63) is 59.3 Å². The Kier molecular flexibility index (Phi) is 6.67. The van der Waals surface area contributed by atoms with Gasteiger partial charge in [-0.2, -0.15) is 0 Å². The van der Waals surface area contributed by atoms with Crippen molar-refractivity contribution in [2.24, 2.45) is 0 Å². The molecule has 8 heteroatoms. The van der Waals surface area contributed by atoms with Crippen molar-refractivity contribution in [3.63, 3.8) is 0 Å². The maximum atomic E-state index is 13.7. The SMILES string of the molecule is COc1ccc(C2=C(N3CCN(CCO)CC3)C(=O)N(c3ccccc3C)C2=O)cc1OC. The van der Waals surface area contributed by atoms with Crippen LogP contribution in [0.3, 0.4) is 0 Å². The average Bonchev–Trinajstić information content (AvgIpc) is 3.09. The van der Waals surface area contributed by atoms with Crippen molar-refractivity contribution >= 4 is 23.1 Å². The fourth-order valence-corrected chi connectivity index (χ4v) is 4.43. The molecule has 0 bridgehead atoms. The average molecular weight is 452 g/mol. The van der Waals surface area contributed by atoms with Crippen LogP contribution in [0.2, 0.25) is 0 Å². The highest BCUT2D eigenvalue weighted by Gasteiger charge is 2.43. The van der Waals surface area contributed by atoms with Crippen molar-refractivity contribution in [1.82, 2.24) is 9.80 Å². The molecule has 174 valence electrons. The Bertz CT molecular complexity index is 1090. The molecule has 0 spiro atoms. The van der Waals surface area contributed by atoms with E-state index >= 15 is 0 Å². The van der Waals surface area contributed by atoms with E-state index in [9.17, 15) is 14.7 Å². The van der Waals surface area contributed by atoms with Gasteiger partial charge in [-0.1, -0.05) is 24.3 Å². The summed E-state index contributed by atoms with van der Waals surface area (Å²) in [5, 5.41) is 9.25. The third-order valence-electron chi connectivity index (χ3n) is 6.19. The van der Waals surface area contributed by atoms with Crippen LogP contribution < -0.4 is 14.4 Å². The first-order valence-corrected chi connectivity index (χ1v) is 11.0. The molecular formula is C25H29N3O5. The number of piperazine rings is 1. The zero-order valence-corrected chi connectivity index (χ0v) is 19.2. The molecule has 2 aromatic rings. The molecule has 1 saturated heterocycles. The number of ether oxygens (including phenoxy) is 2. The normalized spacial score (nSPS) is 17.2. The highest BCUT2D eigenvalue weighted by atomic mass is 16.5. The molecule has 0 aliphatic carbocycles. The van der Waals surface area contributed by atoms with Crippen molar-refractivity contribution in [3.8, 4) is 11.5 Å². The number of methoxy groups -OCH3 is 2. The summed E-state index contributed by atoms with van der Waals surface area (Å²) in [5.41, 5.74) is 2.80. The molecule has 8 nitrogen and oxygen atoms in total. The standard InChI is InChI=1S/C25H29N3O5/c1-17-6-4-5-7-19(17)28-24(30)22(18-8-9-20(32-2)21(16-18)33-3)23(25(28)31)27-12-10-26(11-13-27)14-15-29/h4-9,16,29H,10-15H2,1-3H3. The summed E-state index contributed by atoms with van der Waals surface area (Å²) in [6.45, 7) is 5.16. The lowest BCUT2D eigenvalue weighted by atomic mass is 10.0. The Morgan fingerprint density at radius 1 is 0.909 bits per heavy atom. The van der Waals surface area contributed by atoms with Gasteiger partial charge >= 0.3 is 0 Å². The number of aliphatic hydroxyl groups is 1. The number of nitrogens with zero attached hydrogens (tertiary/aromatic N) is 3. The van der Waals surface area contributed by atoms with Crippen LogP contribution in [-0.2, 0) is 9.59 Å². The molecule has 2 aliphatic heterocycles. The van der Waals surface area contributed by atoms with Gasteiger partial charge in [-0.05, 0) is 36.2 Å². The van der Waals surface area contributed by atoms with Gasteiger partial charge in [0.2, 0.25) is 0 Å². The molecule has 1 N–H and O–H groups in total. The molecule has 0 aromatic heterocycles. The van der Waals surface area contributed by atoms with E-state index in [1.165, 1.54) is 4.90 Å². The molecule has 2 heterocycles. The highest BCUT2D eigenvalue weighted by Crippen LogP contribution is 2.39. The molecule has 0 saturated carbocycles. The number of hydrogen-bond donors (Lipinski definition) is 1. The third kappa shape index (κ3) is 4.19. The zero-order valence-electron chi connectivity index (χ0n) is 19.2. The summed E-state index contributed by atoms with van der Waals surface area (Å²) in [5.74, 6) is 0.363. The van der Waals surface area contributed by atoms with Gasteiger partial charge < -0.3 is 19.5 Å².